The molecule has 2 rings (SSSR count). The lowest BCUT2D eigenvalue weighted by atomic mass is 10.0. The van der Waals surface area contributed by atoms with Crippen LogP contribution in [0.2, 0.25) is 0 Å². The van der Waals surface area contributed by atoms with Gasteiger partial charge in [-0.15, -0.1) is 0 Å². The van der Waals surface area contributed by atoms with Gasteiger partial charge in [0.15, 0.2) is 0 Å². The summed E-state index contributed by atoms with van der Waals surface area (Å²) in [6.07, 6.45) is 0. The van der Waals surface area contributed by atoms with Gasteiger partial charge in [0.25, 0.3) is 0 Å². The minimum absolute atomic E-state index is 0.390. The van der Waals surface area contributed by atoms with E-state index in [-0.39, 0.29) is 0 Å². The Morgan fingerprint density at radius 3 is 2.94 bits per heavy atom. The molecule has 100 valence electrons. The molecule has 0 spiro atoms. The average Bonchev–Trinajstić information content (AvgIpc) is 2.40. The van der Waals surface area contributed by atoms with Gasteiger partial charge in [-0.3, -0.25) is 0 Å². The van der Waals surface area contributed by atoms with E-state index in [4.69, 9.17) is 4.74 Å². The Labute approximate surface area is 110 Å². The Balaban J connectivity index is 2.25. The maximum atomic E-state index is 5.52. The first-order valence-corrected chi connectivity index (χ1v) is 6.90. The number of nitrogens with zero attached hydrogens (tertiary/aromatic N) is 1. The summed E-state index contributed by atoms with van der Waals surface area (Å²) in [5, 5.41) is 3.50. The van der Waals surface area contributed by atoms with Gasteiger partial charge in [-0.1, -0.05) is 25.1 Å². The van der Waals surface area contributed by atoms with Crippen molar-refractivity contribution in [3.63, 3.8) is 0 Å². The van der Waals surface area contributed by atoms with Crippen LogP contribution in [0.3, 0.4) is 0 Å². The van der Waals surface area contributed by atoms with Gasteiger partial charge in [0, 0.05) is 24.3 Å². The molecular formula is C15H24N2O. The predicted octanol–water partition coefficient (Wildman–Crippen LogP) is 2.58. The quantitative estimate of drug-likeness (QED) is 0.886. The molecule has 1 aromatic rings. The van der Waals surface area contributed by atoms with Crippen LogP contribution in [-0.4, -0.2) is 32.3 Å². The van der Waals surface area contributed by atoms with Gasteiger partial charge in [-0.2, -0.15) is 0 Å². The van der Waals surface area contributed by atoms with Crippen molar-refractivity contribution in [1.29, 1.82) is 0 Å². The highest BCUT2D eigenvalue weighted by atomic mass is 16.5. The molecule has 2 atom stereocenters. The van der Waals surface area contributed by atoms with Gasteiger partial charge in [-0.25, -0.2) is 0 Å². The number of para-hydroxylation sites is 1. The average molecular weight is 248 g/mol. The fourth-order valence-electron chi connectivity index (χ4n) is 2.62. The molecule has 0 saturated carbocycles. The first kappa shape index (κ1) is 13.4. The van der Waals surface area contributed by atoms with E-state index in [1.807, 2.05) is 0 Å². The van der Waals surface area contributed by atoms with E-state index in [0.717, 1.165) is 26.3 Å². The van der Waals surface area contributed by atoms with E-state index < -0.39 is 0 Å². The summed E-state index contributed by atoms with van der Waals surface area (Å²) in [4.78, 5) is 2.46. The van der Waals surface area contributed by atoms with Gasteiger partial charge in [0.05, 0.1) is 13.2 Å². The molecule has 2 unspecified atom stereocenters. The van der Waals surface area contributed by atoms with Crippen LogP contribution in [0.5, 0.6) is 0 Å². The number of nitrogens with one attached hydrogen (secondary N) is 1. The van der Waals surface area contributed by atoms with Crippen LogP contribution in [0.1, 0.15) is 32.4 Å². The number of rotatable bonds is 4. The molecule has 0 amide bonds. The Morgan fingerprint density at radius 2 is 2.22 bits per heavy atom. The second-order valence-corrected chi connectivity index (χ2v) is 4.96. The molecule has 3 heteroatoms. The van der Waals surface area contributed by atoms with Crippen molar-refractivity contribution < 1.29 is 4.74 Å². The fourth-order valence-corrected chi connectivity index (χ4v) is 2.62. The minimum atomic E-state index is 0.390. The lowest BCUT2D eigenvalue weighted by Crippen LogP contribution is -2.44. The Hall–Kier alpha value is -1.06. The van der Waals surface area contributed by atoms with Gasteiger partial charge in [0.2, 0.25) is 0 Å². The second-order valence-electron chi connectivity index (χ2n) is 4.96. The van der Waals surface area contributed by atoms with Crippen molar-refractivity contribution in [3.05, 3.63) is 29.8 Å². The highest BCUT2D eigenvalue weighted by Crippen LogP contribution is 2.28. The molecular weight excluding hydrogens is 224 g/mol. The maximum absolute atomic E-state index is 5.52. The molecule has 1 aliphatic rings. The molecule has 0 bridgehead atoms. The van der Waals surface area contributed by atoms with Gasteiger partial charge < -0.3 is 15.0 Å². The summed E-state index contributed by atoms with van der Waals surface area (Å²) in [6.45, 7) is 10.2. The molecule has 1 aliphatic heterocycles. The first-order chi connectivity index (χ1) is 8.74. The third-order valence-electron chi connectivity index (χ3n) is 3.59. The summed E-state index contributed by atoms with van der Waals surface area (Å²) in [5.41, 5.74) is 2.73. The Bertz CT molecular complexity index is 381. The third kappa shape index (κ3) is 2.85. The topological polar surface area (TPSA) is 24.5 Å². The van der Waals surface area contributed by atoms with Crippen LogP contribution in [0.25, 0.3) is 0 Å². The van der Waals surface area contributed by atoms with E-state index in [9.17, 15) is 0 Å². The molecule has 1 heterocycles. The van der Waals surface area contributed by atoms with Crippen molar-refractivity contribution >= 4 is 5.69 Å². The number of ether oxygens (including phenoxy) is 1. The van der Waals surface area contributed by atoms with Crippen LogP contribution >= 0.6 is 0 Å². The van der Waals surface area contributed by atoms with Crippen LogP contribution in [0.4, 0.5) is 5.69 Å². The lowest BCUT2D eigenvalue weighted by molar-refractivity contribution is 0.0988. The zero-order valence-corrected chi connectivity index (χ0v) is 11.6. The number of hydrogen-bond acceptors (Lipinski definition) is 3. The highest BCUT2D eigenvalue weighted by molar-refractivity contribution is 5.56. The zero-order valence-electron chi connectivity index (χ0n) is 11.6. The molecule has 1 saturated heterocycles. The van der Waals surface area contributed by atoms with Crippen LogP contribution < -0.4 is 10.2 Å². The van der Waals surface area contributed by atoms with E-state index in [1.165, 1.54) is 11.3 Å². The zero-order chi connectivity index (χ0) is 13.0. The van der Waals surface area contributed by atoms with Crippen molar-refractivity contribution in [2.45, 2.75) is 32.9 Å². The van der Waals surface area contributed by atoms with E-state index in [1.54, 1.807) is 0 Å². The molecule has 1 N–H and O–H groups in total. The maximum Gasteiger partial charge on any atom is 0.0668 e. The van der Waals surface area contributed by atoms with E-state index >= 15 is 0 Å². The van der Waals surface area contributed by atoms with Crippen LogP contribution in [-0.2, 0) is 4.74 Å². The first-order valence-electron chi connectivity index (χ1n) is 6.90. The predicted molar refractivity (Wildman–Crippen MR) is 76.2 cm³/mol. The third-order valence-corrected chi connectivity index (χ3v) is 3.59. The summed E-state index contributed by atoms with van der Waals surface area (Å²) >= 11 is 0. The molecule has 1 aromatic carbocycles. The Morgan fingerprint density at radius 1 is 1.44 bits per heavy atom. The van der Waals surface area contributed by atoms with Crippen molar-refractivity contribution in [3.8, 4) is 0 Å². The fraction of sp³-hybridized carbons (Fsp3) is 0.600. The van der Waals surface area contributed by atoms with Crippen LogP contribution in [0.15, 0.2) is 24.3 Å². The lowest BCUT2D eigenvalue weighted by Gasteiger charge is -2.37. The number of anilines is 1. The van der Waals surface area contributed by atoms with E-state index in [2.05, 4.69) is 55.3 Å². The van der Waals surface area contributed by atoms with Crippen LogP contribution in [0, 0.1) is 0 Å². The molecule has 18 heavy (non-hydrogen) atoms. The van der Waals surface area contributed by atoms with Crippen molar-refractivity contribution in [2.75, 3.05) is 31.2 Å². The smallest absolute Gasteiger partial charge is 0.0668 e. The molecule has 0 aliphatic carbocycles. The number of hydrogen-bond donors (Lipinski definition) is 1. The summed E-state index contributed by atoms with van der Waals surface area (Å²) in [7, 11) is 0. The van der Waals surface area contributed by atoms with Gasteiger partial charge in [0.1, 0.15) is 0 Å². The van der Waals surface area contributed by atoms with Crippen molar-refractivity contribution in [1.82, 2.24) is 5.32 Å². The summed E-state index contributed by atoms with van der Waals surface area (Å²) in [5.74, 6) is 0. The molecule has 1 fully saturated rings. The van der Waals surface area contributed by atoms with Gasteiger partial charge in [-0.05, 0) is 32.0 Å². The van der Waals surface area contributed by atoms with E-state index in [0.29, 0.717) is 12.1 Å². The number of morpholine rings is 1. The normalized spacial score (nSPS) is 21.9. The molecule has 0 aromatic heterocycles. The summed E-state index contributed by atoms with van der Waals surface area (Å²) < 4.78 is 5.52. The van der Waals surface area contributed by atoms with Crippen molar-refractivity contribution in [2.24, 2.45) is 0 Å². The minimum Gasteiger partial charge on any atom is -0.377 e. The molecule has 3 nitrogen and oxygen atoms in total. The standard InChI is InChI=1S/C15H24N2O/c1-4-16-13(3)14-7-5-6-8-15(14)17-9-10-18-11-12(17)2/h5-8,12-13,16H,4,9-11H2,1-3H3. The summed E-state index contributed by atoms with van der Waals surface area (Å²) in [6, 6.07) is 9.54. The Kier molecular flexibility index (Phi) is 4.61. The largest absolute Gasteiger partial charge is 0.377 e. The monoisotopic (exact) mass is 248 g/mol. The number of benzene rings is 1. The molecule has 0 radical (unpaired) electrons. The highest BCUT2D eigenvalue weighted by Gasteiger charge is 2.22. The van der Waals surface area contributed by atoms with Gasteiger partial charge >= 0.3 is 0 Å². The second kappa shape index (κ2) is 6.21. The SMILES string of the molecule is CCNC(C)c1ccccc1N1CCOCC1C.